The van der Waals surface area contributed by atoms with Crippen LogP contribution < -0.4 is 5.32 Å². The van der Waals surface area contributed by atoms with E-state index in [0.29, 0.717) is 0 Å². The molecule has 0 amide bonds. The molecule has 1 aromatic heterocycles. The molecule has 4 nitrogen and oxygen atoms in total. The van der Waals surface area contributed by atoms with Crippen molar-refractivity contribution in [3.63, 3.8) is 0 Å². The highest BCUT2D eigenvalue weighted by Crippen LogP contribution is 2.19. The van der Waals surface area contributed by atoms with Gasteiger partial charge in [-0.2, -0.15) is 0 Å². The van der Waals surface area contributed by atoms with Gasteiger partial charge in [0, 0.05) is 11.5 Å². The molecule has 19 heavy (non-hydrogen) atoms. The van der Waals surface area contributed by atoms with Crippen LogP contribution in [0.5, 0.6) is 0 Å². The summed E-state index contributed by atoms with van der Waals surface area (Å²) >= 11 is 3.52. The van der Waals surface area contributed by atoms with Gasteiger partial charge in [0.2, 0.25) is 0 Å². The molecule has 0 spiro atoms. The smallest absolute Gasteiger partial charge is 0.0756 e. The average molecular weight is 323 g/mol. The minimum atomic E-state index is 0.245. The molecule has 0 aliphatic carbocycles. The molecule has 0 bridgehead atoms. The van der Waals surface area contributed by atoms with Crippen molar-refractivity contribution in [2.24, 2.45) is 7.05 Å². The molecule has 0 aliphatic heterocycles. The minimum Gasteiger partial charge on any atom is -0.308 e. The molecular weight excluding hydrogens is 304 g/mol. The van der Waals surface area contributed by atoms with Gasteiger partial charge in [-0.25, -0.2) is 0 Å². The maximum absolute atomic E-state index is 4.02. The van der Waals surface area contributed by atoms with E-state index in [1.54, 1.807) is 0 Å². The van der Waals surface area contributed by atoms with Gasteiger partial charge in [-0.05, 0) is 37.1 Å². The summed E-state index contributed by atoms with van der Waals surface area (Å²) in [6, 6.07) is 8.66. The van der Waals surface area contributed by atoms with E-state index < -0.39 is 0 Å². The Balaban J connectivity index is 2.16. The van der Waals surface area contributed by atoms with E-state index in [1.807, 2.05) is 24.0 Å². The molecular formula is C14H19BrN4. The van der Waals surface area contributed by atoms with E-state index in [0.717, 1.165) is 29.6 Å². The standard InChI is InChI=1S/C14H19BrN4/c1-3-7-16-13(14-10-17-18-19(14)2)9-11-5-4-6-12(15)8-11/h4-6,8,10,13,16H,3,7,9H2,1-2H3. The molecule has 0 saturated carbocycles. The summed E-state index contributed by atoms with van der Waals surface area (Å²) < 4.78 is 2.95. The maximum atomic E-state index is 4.02. The predicted molar refractivity (Wildman–Crippen MR) is 79.9 cm³/mol. The van der Waals surface area contributed by atoms with Crippen LogP contribution >= 0.6 is 15.9 Å². The molecule has 0 fully saturated rings. The van der Waals surface area contributed by atoms with Gasteiger partial charge in [-0.15, -0.1) is 5.10 Å². The Kier molecular flexibility index (Phi) is 5.10. The first-order valence-corrected chi connectivity index (χ1v) is 7.32. The third-order valence-corrected chi connectivity index (χ3v) is 3.57. The van der Waals surface area contributed by atoms with Gasteiger partial charge in [0.15, 0.2) is 0 Å². The molecule has 1 atom stereocenters. The van der Waals surface area contributed by atoms with Crippen molar-refractivity contribution >= 4 is 15.9 Å². The summed E-state index contributed by atoms with van der Waals surface area (Å²) in [5.41, 5.74) is 2.41. The van der Waals surface area contributed by atoms with Crippen LogP contribution in [-0.2, 0) is 13.5 Å². The van der Waals surface area contributed by atoms with Gasteiger partial charge >= 0.3 is 0 Å². The Morgan fingerprint density at radius 2 is 2.26 bits per heavy atom. The molecule has 1 unspecified atom stereocenters. The van der Waals surface area contributed by atoms with Crippen molar-refractivity contribution < 1.29 is 0 Å². The molecule has 0 aliphatic rings. The Morgan fingerprint density at radius 3 is 2.89 bits per heavy atom. The van der Waals surface area contributed by atoms with E-state index in [2.05, 4.69) is 56.7 Å². The van der Waals surface area contributed by atoms with Gasteiger partial charge in [-0.1, -0.05) is 40.2 Å². The van der Waals surface area contributed by atoms with Crippen LogP contribution in [-0.4, -0.2) is 21.5 Å². The average Bonchev–Trinajstić information content (AvgIpc) is 2.81. The SMILES string of the molecule is CCCNC(Cc1cccc(Br)c1)c1cnnn1C. The molecule has 5 heteroatoms. The monoisotopic (exact) mass is 322 g/mol. The Bertz CT molecular complexity index is 524. The van der Waals surface area contributed by atoms with Crippen LogP contribution in [0.2, 0.25) is 0 Å². The van der Waals surface area contributed by atoms with Crippen molar-refractivity contribution in [3.05, 3.63) is 46.2 Å². The highest BCUT2D eigenvalue weighted by molar-refractivity contribution is 9.10. The first-order chi connectivity index (χ1) is 9.20. The second-order valence-corrected chi connectivity index (χ2v) is 5.54. The summed E-state index contributed by atoms with van der Waals surface area (Å²) in [5.74, 6) is 0. The van der Waals surface area contributed by atoms with Gasteiger partial charge in [-0.3, -0.25) is 4.68 Å². The van der Waals surface area contributed by atoms with Crippen LogP contribution in [0, 0.1) is 0 Å². The van der Waals surface area contributed by atoms with Gasteiger partial charge in [0.1, 0.15) is 0 Å². The van der Waals surface area contributed by atoms with Crippen molar-refractivity contribution in [2.75, 3.05) is 6.54 Å². The quantitative estimate of drug-likeness (QED) is 0.889. The van der Waals surface area contributed by atoms with Crippen LogP contribution in [0.25, 0.3) is 0 Å². The lowest BCUT2D eigenvalue weighted by atomic mass is 10.0. The zero-order valence-corrected chi connectivity index (χ0v) is 12.9. The largest absolute Gasteiger partial charge is 0.308 e. The van der Waals surface area contributed by atoms with Gasteiger partial charge in [0.25, 0.3) is 0 Å². The number of nitrogens with one attached hydrogen (secondary N) is 1. The number of halogens is 1. The summed E-state index contributed by atoms with van der Waals surface area (Å²) in [6.45, 7) is 3.16. The van der Waals surface area contributed by atoms with Crippen LogP contribution in [0.15, 0.2) is 34.9 Å². The summed E-state index contributed by atoms with van der Waals surface area (Å²) in [6.07, 6.45) is 3.88. The second-order valence-electron chi connectivity index (χ2n) is 4.62. The molecule has 1 N–H and O–H groups in total. The molecule has 102 valence electrons. The van der Waals surface area contributed by atoms with E-state index in [-0.39, 0.29) is 6.04 Å². The number of hydrogen-bond donors (Lipinski definition) is 1. The predicted octanol–water partition coefficient (Wildman–Crippen LogP) is 2.86. The number of aromatic nitrogens is 3. The van der Waals surface area contributed by atoms with Crippen LogP contribution in [0.3, 0.4) is 0 Å². The van der Waals surface area contributed by atoms with Crippen molar-refractivity contribution in [1.29, 1.82) is 0 Å². The fraction of sp³-hybridized carbons (Fsp3) is 0.429. The molecule has 1 heterocycles. The number of aryl methyl sites for hydroxylation is 1. The first-order valence-electron chi connectivity index (χ1n) is 6.53. The molecule has 0 radical (unpaired) electrons. The van der Waals surface area contributed by atoms with E-state index >= 15 is 0 Å². The lowest BCUT2D eigenvalue weighted by Crippen LogP contribution is -2.26. The summed E-state index contributed by atoms with van der Waals surface area (Å²) in [7, 11) is 1.93. The summed E-state index contributed by atoms with van der Waals surface area (Å²) in [5, 5.41) is 11.6. The van der Waals surface area contributed by atoms with Crippen molar-refractivity contribution in [1.82, 2.24) is 20.3 Å². The molecule has 2 aromatic rings. The van der Waals surface area contributed by atoms with Gasteiger partial charge < -0.3 is 5.32 Å². The van der Waals surface area contributed by atoms with Crippen LogP contribution in [0.1, 0.15) is 30.6 Å². The lowest BCUT2D eigenvalue weighted by Gasteiger charge is -2.18. The number of nitrogens with zero attached hydrogens (tertiary/aromatic N) is 3. The highest BCUT2D eigenvalue weighted by Gasteiger charge is 2.15. The summed E-state index contributed by atoms with van der Waals surface area (Å²) in [4.78, 5) is 0. The first kappa shape index (κ1) is 14.2. The Morgan fingerprint density at radius 1 is 1.42 bits per heavy atom. The third-order valence-electron chi connectivity index (χ3n) is 3.08. The Labute approximate surface area is 122 Å². The maximum Gasteiger partial charge on any atom is 0.0756 e. The van der Waals surface area contributed by atoms with Crippen LogP contribution in [0.4, 0.5) is 0 Å². The van der Waals surface area contributed by atoms with E-state index in [9.17, 15) is 0 Å². The topological polar surface area (TPSA) is 42.7 Å². The zero-order chi connectivity index (χ0) is 13.7. The van der Waals surface area contributed by atoms with Crippen molar-refractivity contribution in [2.45, 2.75) is 25.8 Å². The molecule has 2 rings (SSSR count). The number of rotatable bonds is 6. The van der Waals surface area contributed by atoms with Gasteiger partial charge in [0.05, 0.1) is 17.9 Å². The number of hydrogen-bond acceptors (Lipinski definition) is 3. The molecule has 0 saturated heterocycles. The Hall–Kier alpha value is -1.20. The number of benzene rings is 1. The van der Waals surface area contributed by atoms with E-state index in [1.165, 1.54) is 5.56 Å². The minimum absolute atomic E-state index is 0.245. The lowest BCUT2D eigenvalue weighted by molar-refractivity contribution is 0.492. The zero-order valence-electron chi connectivity index (χ0n) is 11.3. The highest BCUT2D eigenvalue weighted by atomic mass is 79.9. The fourth-order valence-electron chi connectivity index (χ4n) is 2.11. The normalized spacial score (nSPS) is 12.6. The second kappa shape index (κ2) is 6.82. The molecule has 1 aromatic carbocycles. The van der Waals surface area contributed by atoms with E-state index in [4.69, 9.17) is 0 Å². The fourth-order valence-corrected chi connectivity index (χ4v) is 2.56. The third kappa shape index (κ3) is 3.88. The van der Waals surface area contributed by atoms with Crippen molar-refractivity contribution in [3.8, 4) is 0 Å².